The number of benzene rings is 3. The van der Waals surface area contributed by atoms with Gasteiger partial charge in [-0.2, -0.15) is 0 Å². The van der Waals surface area contributed by atoms with E-state index in [1.807, 2.05) is 54.6 Å². The van der Waals surface area contributed by atoms with Crippen LogP contribution in [0.15, 0.2) is 72.8 Å². The van der Waals surface area contributed by atoms with Gasteiger partial charge in [0.25, 0.3) is 0 Å². The summed E-state index contributed by atoms with van der Waals surface area (Å²) in [6.45, 7) is 0.618. The fourth-order valence-electron chi connectivity index (χ4n) is 4.14. The van der Waals surface area contributed by atoms with E-state index in [9.17, 15) is 9.59 Å². The number of amides is 2. The monoisotopic (exact) mass is 487 g/mol. The van der Waals surface area contributed by atoms with Crippen molar-refractivity contribution in [2.24, 2.45) is 0 Å². The normalized spacial score (nSPS) is 12.9. The highest BCUT2D eigenvalue weighted by Gasteiger charge is 2.34. The molecule has 10 heteroatoms. The standard InChI is InChI=1S/C26H25N5O5/c1-34-14-13-27-26(33)25(18-7-3-2-4-8-18)31(19-11-12-22-23(15-19)36-17-35-22)24(32)16-30-21-10-6-5-9-20(21)28-29-30/h2-12,15,25H,13-14,16-17H2,1H3,(H,27,33)/t25-/m1/s1. The molecule has 1 aliphatic heterocycles. The van der Waals surface area contributed by atoms with E-state index >= 15 is 0 Å². The Morgan fingerprint density at radius 3 is 2.67 bits per heavy atom. The van der Waals surface area contributed by atoms with Crippen molar-refractivity contribution in [3.8, 4) is 11.5 Å². The summed E-state index contributed by atoms with van der Waals surface area (Å²) >= 11 is 0. The van der Waals surface area contributed by atoms with Crippen LogP contribution in [0.2, 0.25) is 0 Å². The second-order valence-electron chi connectivity index (χ2n) is 8.13. The fourth-order valence-corrected chi connectivity index (χ4v) is 4.14. The summed E-state index contributed by atoms with van der Waals surface area (Å²) in [5, 5.41) is 11.2. The number of nitrogens with zero attached hydrogens (tertiary/aromatic N) is 4. The van der Waals surface area contributed by atoms with Crippen LogP contribution >= 0.6 is 0 Å². The maximum Gasteiger partial charge on any atom is 0.249 e. The number of ether oxygens (including phenoxy) is 3. The first-order valence-corrected chi connectivity index (χ1v) is 11.5. The van der Waals surface area contributed by atoms with E-state index in [-0.39, 0.29) is 25.2 Å². The molecule has 0 saturated heterocycles. The van der Waals surface area contributed by atoms with E-state index in [4.69, 9.17) is 14.2 Å². The molecule has 0 aliphatic carbocycles. The van der Waals surface area contributed by atoms with Crippen LogP contribution in [0.3, 0.4) is 0 Å². The maximum atomic E-state index is 14.0. The Morgan fingerprint density at radius 2 is 1.83 bits per heavy atom. The molecule has 2 heterocycles. The van der Waals surface area contributed by atoms with Crippen molar-refractivity contribution in [2.45, 2.75) is 12.6 Å². The lowest BCUT2D eigenvalue weighted by atomic mass is 10.0. The predicted molar refractivity (Wildman–Crippen MR) is 132 cm³/mol. The minimum atomic E-state index is -0.953. The SMILES string of the molecule is COCCNC(=O)[C@@H](c1ccccc1)N(C(=O)Cn1nnc2ccccc21)c1ccc2c(c1)OCO2. The molecule has 36 heavy (non-hydrogen) atoms. The van der Waals surface area contributed by atoms with Gasteiger partial charge in [-0.15, -0.1) is 5.10 Å². The molecule has 0 saturated carbocycles. The lowest BCUT2D eigenvalue weighted by Gasteiger charge is -2.31. The van der Waals surface area contributed by atoms with E-state index in [1.54, 1.807) is 25.3 Å². The topological polar surface area (TPSA) is 108 Å². The van der Waals surface area contributed by atoms with Crippen molar-refractivity contribution in [3.05, 3.63) is 78.4 Å². The van der Waals surface area contributed by atoms with Crippen LogP contribution in [-0.2, 0) is 20.9 Å². The molecule has 5 rings (SSSR count). The van der Waals surface area contributed by atoms with E-state index in [0.717, 1.165) is 5.52 Å². The Balaban J connectivity index is 1.57. The molecule has 0 radical (unpaired) electrons. The van der Waals surface area contributed by atoms with Crippen molar-refractivity contribution >= 4 is 28.5 Å². The molecule has 4 aromatic rings. The van der Waals surface area contributed by atoms with Gasteiger partial charge in [0.15, 0.2) is 11.5 Å². The molecule has 10 nitrogen and oxygen atoms in total. The van der Waals surface area contributed by atoms with Crippen LogP contribution in [0.1, 0.15) is 11.6 Å². The summed E-state index contributed by atoms with van der Waals surface area (Å²) in [6.07, 6.45) is 0. The number of methoxy groups -OCH3 is 1. The molecule has 0 bridgehead atoms. The molecule has 0 spiro atoms. The number of carbonyl (C=O) groups is 2. The average molecular weight is 488 g/mol. The fraction of sp³-hybridized carbons (Fsp3) is 0.231. The summed E-state index contributed by atoms with van der Waals surface area (Å²) < 4.78 is 17.6. The number of hydrogen-bond acceptors (Lipinski definition) is 7. The van der Waals surface area contributed by atoms with Crippen molar-refractivity contribution < 1.29 is 23.8 Å². The Hall–Kier alpha value is -4.44. The number of fused-ring (bicyclic) bond motifs is 2. The summed E-state index contributed by atoms with van der Waals surface area (Å²) in [5.41, 5.74) is 2.54. The molecule has 1 atom stereocenters. The van der Waals surface area contributed by atoms with Crippen molar-refractivity contribution in [2.75, 3.05) is 32.0 Å². The third kappa shape index (κ3) is 4.71. The van der Waals surface area contributed by atoms with Gasteiger partial charge in [-0.3, -0.25) is 14.5 Å². The zero-order chi connectivity index (χ0) is 24.9. The largest absolute Gasteiger partial charge is 0.454 e. The number of carbonyl (C=O) groups excluding carboxylic acids is 2. The van der Waals surface area contributed by atoms with Gasteiger partial charge in [-0.25, -0.2) is 4.68 Å². The van der Waals surface area contributed by atoms with Gasteiger partial charge in [0.1, 0.15) is 18.1 Å². The molecule has 0 fully saturated rings. The Morgan fingerprint density at radius 1 is 1.06 bits per heavy atom. The second-order valence-corrected chi connectivity index (χ2v) is 8.13. The van der Waals surface area contributed by atoms with Crippen molar-refractivity contribution in [3.63, 3.8) is 0 Å². The highest BCUT2D eigenvalue weighted by atomic mass is 16.7. The van der Waals surface area contributed by atoms with E-state index in [1.165, 1.54) is 9.58 Å². The lowest BCUT2D eigenvalue weighted by Crippen LogP contribution is -2.46. The highest BCUT2D eigenvalue weighted by molar-refractivity contribution is 6.01. The van der Waals surface area contributed by atoms with Gasteiger partial charge >= 0.3 is 0 Å². The van der Waals surface area contributed by atoms with Crippen LogP contribution in [0.5, 0.6) is 11.5 Å². The van der Waals surface area contributed by atoms with E-state index in [2.05, 4.69) is 15.6 Å². The molecule has 1 N–H and O–H groups in total. The number of nitrogens with one attached hydrogen (secondary N) is 1. The van der Waals surface area contributed by atoms with Gasteiger partial charge in [0, 0.05) is 25.4 Å². The summed E-state index contributed by atoms with van der Waals surface area (Å²) in [5.74, 6) is 0.394. The van der Waals surface area contributed by atoms with Crippen LogP contribution in [0, 0.1) is 0 Å². The van der Waals surface area contributed by atoms with Gasteiger partial charge in [0.05, 0.1) is 12.1 Å². The van der Waals surface area contributed by atoms with Crippen LogP contribution in [0.25, 0.3) is 11.0 Å². The van der Waals surface area contributed by atoms with Gasteiger partial charge in [0.2, 0.25) is 18.6 Å². The van der Waals surface area contributed by atoms with Crippen molar-refractivity contribution in [1.29, 1.82) is 0 Å². The number of hydrogen-bond donors (Lipinski definition) is 1. The zero-order valence-electron chi connectivity index (χ0n) is 19.7. The number of para-hydroxylation sites is 1. The number of anilines is 1. The first-order valence-electron chi connectivity index (χ1n) is 11.5. The molecule has 0 unspecified atom stereocenters. The highest BCUT2D eigenvalue weighted by Crippen LogP contribution is 2.38. The first-order chi connectivity index (χ1) is 17.7. The maximum absolute atomic E-state index is 14.0. The lowest BCUT2D eigenvalue weighted by molar-refractivity contribution is -0.127. The van der Waals surface area contributed by atoms with E-state index in [0.29, 0.717) is 41.4 Å². The minimum Gasteiger partial charge on any atom is -0.454 e. The quantitative estimate of drug-likeness (QED) is 0.362. The Labute approximate surface area is 207 Å². The average Bonchev–Trinajstić information content (AvgIpc) is 3.54. The van der Waals surface area contributed by atoms with Crippen LogP contribution in [0.4, 0.5) is 5.69 Å². The zero-order valence-corrected chi connectivity index (χ0v) is 19.7. The predicted octanol–water partition coefficient (Wildman–Crippen LogP) is 2.70. The summed E-state index contributed by atoms with van der Waals surface area (Å²) in [6, 6.07) is 20.8. The van der Waals surface area contributed by atoms with Crippen molar-refractivity contribution in [1.82, 2.24) is 20.3 Å². The van der Waals surface area contributed by atoms with Crippen LogP contribution in [-0.4, -0.2) is 53.9 Å². The van der Waals surface area contributed by atoms with Crippen LogP contribution < -0.4 is 19.7 Å². The molecule has 184 valence electrons. The molecular weight excluding hydrogens is 462 g/mol. The third-order valence-electron chi connectivity index (χ3n) is 5.84. The molecular formula is C26H25N5O5. The smallest absolute Gasteiger partial charge is 0.249 e. The van der Waals surface area contributed by atoms with Gasteiger partial charge < -0.3 is 19.5 Å². The number of aromatic nitrogens is 3. The molecule has 3 aromatic carbocycles. The van der Waals surface area contributed by atoms with Gasteiger partial charge in [-0.1, -0.05) is 47.7 Å². The van der Waals surface area contributed by atoms with E-state index < -0.39 is 6.04 Å². The minimum absolute atomic E-state index is 0.0945. The third-order valence-corrected chi connectivity index (χ3v) is 5.84. The number of rotatable bonds is 9. The summed E-state index contributed by atoms with van der Waals surface area (Å²) in [4.78, 5) is 29.0. The Kier molecular flexibility index (Phi) is 6.76. The Bertz CT molecular complexity index is 1370. The first kappa shape index (κ1) is 23.3. The molecule has 2 amide bonds. The van der Waals surface area contributed by atoms with Gasteiger partial charge in [-0.05, 0) is 29.8 Å². The molecule has 1 aromatic heterocycles. The molecule has 1 aliphatic rings. The summed E-state index contributed by atoms with van der Waals surface area (Å²) in [7, 11) is 1.56. The second kappa shape index (κ2) is 10.4.